The maximum Gasteiger partial charge on any atom is 0.573 e. The van der Waals surface area contributed by atoms with Crippen molar-refractivity contribution in [3.8, 4) is 23.5 Å². The van der Waals surface area contributed by atoms with E-state index in [1.54, 1.807) is 17.0 Å². The predicted octanol–water partition coefficient (Wildman–Crippen LogP) is 5.40. The molecule has 31 heavy (non-hydrogen) atoms. The first-order chi connectivity index (χ1) is 14.8. The lowest BCUT2D eigenvalue weighted by Gasteiger charge is -2.10. The van der Waals surface area contributed by atoms with Crippen molar-refractivity contribution in [1.82, 2.24) is 9.55 Å². The molecule has 0 fully saturated rings. The van der Waals surface area contributed by atoms with Gasteiger partial charge in [-0.25, -0.2) is 4.98 Å². The van der Waals surface area contributed by atoms with E-state index in [1.165, 1.54) is 24.3 Å². The zero-order valence-corrected chi connectivity index (χ0v) is 16.4. The molecule has 7 heteroatoms. The molecule has 0 unspecified atom stereocenters. The molecular formula is C24H17F3N2O2. The number of pyridine rings is 1. The van der Waals surface area contributed by atoms with Crippen molar-refractivity contribution >= 4 is 10.8 Å². The number of nitrogens with zero attached hydrogens (tertiary/aromatic N) is 2. The fourth-order valence-corrected chi connectivity index (χ4v) is 3.35. The first-order valence-corrected chi connectivity index (χ1v) is 9.39. The van der Waals surface area contributed by atoms with E-state index in [0.717, 1.165) is 22.1 Å². The van der Waals surface area contributed by atoms with Gasteiger partial charge in [0.05, 0.1) is 6.54 Å². The minimum absolute atomic E-state index is 0.0901. The van der Waals surface area contributed by atoms with Crippen LogP contribution in [0.2, 0.25) is 0 Å². The molecule has 4 rings (SSSR count). The van der Waals surface area contributed by atoms with Crippen molar-refractivity contribution in [3.05, 3.63) is 89.4 Å². The third-order valence-corrected chi connectivity index (χ3v) is 4.67. The number of halogens is 3. The molecule has 0 saturated carbocycles. The van der Waals surface area contributed by atoms with E-state index < -0.39 is 6.36 Å². The van der Waals surface area contributed by atoms with E-state index in [1.807, 2.05) is 37.3 Å². The van der Waals surface area contributed by atoms with Gasteiger partial charge < -0.3 is 14.4 Å². The molecule has 0 bridgehead atoms. The van der Waals surface area contributed by atoms with Crippen LogP contribution < -0.4 is 4.74 Å². The van der Waals surface area contributed by atoms with Crippen molar-refractivity contribution in [3.63, 3.8) is 0 Å². The smallest absolute Gasteiger partial charge is 0.494 e. The van der Waals surface area contributed by atoms with E-state index in [9.17, 15) is 18.3 Å². The zero-order chi connectivity index (χ0) is 22.0. The number of rotatable bonds is 3. The number of aromatic hydroxyl groups is 1. The Hall–Kier alpha value is -3.92. The third-order valence-electron chi connectivity index (χ3n) is 4.67. The van der Waals surface area contributed by atoms with Gasteiger partial charge in [-0.15, -0.1) is 13.2 Å². The van der Waals surface area contributed by atoms with Crippen LogP contribution in [-0.2, 0) is 6.54 Å². The molecule has 0 aliphatic heterocycles. The highest BCUT2D eigenvalue weighted by molar-refractivity contribution is 5.92. The standard InChI is InChI=1S/C24H17F3N2O2/c1-16-12-18(5-8-20-4-2-3-11-28-20)13-19-15-29(23(30)22(16)19)14-17-6-9-21(10-7-17)31-24(25,26)27/h2-4,6-7,9-13,15,30H,14H2,1H3. The summed E-state index contributed by atoms with van der Waals surface area (Å²) >= 11 is 0. The van der Waals surface area contributed by atoms with Gasteiger partial charge in [-0.2, -0.15) is 0 Å². The molecule has 0 aliphatic carbocycles. The Labute approximate surface area is 176 Å². The minimum Gasteiger partial charge on any atom is -0.494 e. The maximum absolute atomic E-state index is 12.3. The summed E-state index contributed by atoms with van der Waals surface area (Å²) in [6, 6.07) is 14.9. The molecule has 1 N–H and O–H groups in total. The molecule has 156 valence electrons. The summed E-state index contributed by atoms with van der Waals surface area (Å²) < 4.78 is 42.5. The van der Waals surface area contributed by atoms with E-state index in [2.05, 4.69) is 21.6 Å². The number of aromatic nitrogens is 2. The lowest BCUT2D eigenvalue weighted by atomic mass is 10.1. The van der Waals surface area contributed by atoms with Crippen LogP contribution in [0.5, 0.6) is 11.6 Å². The van der Waals surface area contributed by atoms with Gasteiger partial charge in [-0.1, -0.05) is 24.1 Å². The average Bonchev–Trinajstić information content (AvgIpc) is 3.03. The van der Waals surface area contributed by atoms with Gasteiger partial charge in [0, 0.05) is 28.7 Å². The zero-order valence-electron chi connectivity index (χ0n) is 16.4. The molecule has 0 saturated heterocycles. The predicted molar refractivity (Wildman–Crippen MR) is 111 cm³/mol. The highest BCUT2D eigenvalue weighted by Crippen LogP contribution is 2.32. The van der Waals surface area contributed by atoms with Gasteiger partial charge in [0.15, 0.2) is 5.88 Å². The van der Waals surface area contributed by atoms with Crippen molar-refractivity contribution < 1.29 is 23.0 Å². The Morgan fingerprint density at radius 1 is 1.06 bits per heavy atom. The van der Waals surface area contributed by atoms with Crippen LogP contribution in [0.3, 0.4) is 0 Å². The van der Waals surface area contributed by atoms with Gasteiger partial charge >= 0.3 is 6.36 Å². The fraction of sp³-hybridized carbons (Fsp3) is 0.125. The monoisotopic (exact) mass is 422 g/mol. The normalized spacial score (nSPS) is 11.2. The topological polar surface area (TPSA) is 47.3 Å². The third kappa shape index (κ3) is 4.81. The molecule has 0 atom stereocenters. The lowest BCUT2D eigenvalue weighted by Crippen LogP contribution is -2.17. The number of ether oxygens (including phenoxy) is 1. The van der Waals surface area contributed by atoms with Crippen molar-refractivity contribution in [1.29, 1.82) is 0 Å². The molecule has 4 aromatic rings. The summed E-state index contributed by atoms with van der Waals surface area (Å²) in [7, 11) is 0. The van der Waals surface area contributed by atoms with Gasteiger partial charge in [-0.3, -0.25) is 0 Å². The summed E-state index contributed by atoms with van der Waals surface area (Å²) in [4.78, 5) is 4.18. The van der Waals surface area contributed by atoms with E-state index in [4.69, 9.17) is 0 Å². The Kier molecular flexibility index (Phi) is 5.30. The van der Waals surface area contributed by atoms with E-state index in [0.29, 0.717) is 17.6 Å². The second-order valence-electron chi connectivity index (χ2n) is 6.99. The number of aryl methyl sites for hydroxylation is 1. The number of benzene rings is 2. The van der Waals surface area contributed by atoms with E-state index in [-0.39, 0.29) is 11.6 Å². The van der Waals surface area contributed by atoms with Crippen LogP contribution in [0.1, 0.15) is 22.4 Å². The summed E-state index contributed by atoms with van der Waals surface area (Å²) in [6.45, 7) is 2.18. The molecule has 0 aliphatic rings. The number of hydrogen-bond acceptors (Lipinski definition) is 3. The maximum atomic E-state index is 12.3. The van der Waals surface area contributed by atoms with Crippen LogP contribution in [0.25, 0.3) is 10.8 Å². The Morgan fingerprint density at radius 2 is 1.84 bits per heavy atom. The van der Waals surface area contributed by atoms with E-state index >= 15 is 0 Å². The van der Waals surface area contributed by atoms with Crippen LogP contribution in [0.4, 0.5) is 13.2 Å². The SMILES string of the molecule is Cc1cc(C#Cc2ccccn2)cc2cn(Cc3ccc(OC(F)(F)F)cc3)c(O)c12. The summed E-state index contributed by atoms with van der Waals surface area (Å²) in [5.74, 6) is 5.90. The summed E-state index contributed by atoms with van der Waals surface area (Å²) in [5.41, 5.74) is 3.05. The molecule has 2 aromatic heterocycles. The first-order valence-electron chi connectivity index (χ1n) is 9.39. The van der Waals surface area contributed by atoms with Crippen molar-refractivity contribution in [2.75, 3.05) is 0 Å². The molecule has 0 radical (unpaired) electrons. The highest BCUT2D eigenvalue weighted by atomic mass is 19.4. The Balaban J connectivity index is 1.60. The van der Waals surface area contributed by atoms with Crippen LogP contribution in [0.15, 0.2) is 67.0 Å². The van der Waals surface area contributed by atoms with Crippen molar-refractivity contribution in [2.24, 2.45) is 0 Å². The van der Waals surface area contributed by atoms with Gasteiger partial charge in [0.2, 0.25) is 0 Å². The number of hydrogen-bond donors (Lipinski definition) is 1. The Bertz CT molecular complexity index is 1280. The van der Waals surface area contributed by atoms with Crippen LogP contribution in [0, 0.1) is 18.8 Å². The Morgan fingerprint density at radius 3 is 2.52 bits per heavy atom. The molecule has 2 aromatic carbocycles. The van der Waals surface area contributed by atoms with Gasteiger partial charge in [-0.05, 0) is 60.4 Å². The largest absolute Gasteiger partial charge is 0.573 e. The summed E-state index contributed by atoms with van der Waals surface area (Å²) in [6.07, 6.45) is -1.26. The fourth-order valence-electron chi connectivity index (χ4n) is 3.35. The van der Waals surface area contributed by atoms with Crippen molar-refractivity contribution in [2.45, 2.75) is 19.8 Å². The highest BCUT2D eigenvalue weighted by Gasteiger charge is 2.30. The van der Waals surface area contributed by atoms with Gasteiger partial charge in [0.25, 0.3) is 0 Å². The second kappa shape index (κ2) is 8.07. The number of fused-ring (bicyclic) bond motifs is 1. The van der Waals surface area contributed by atoms with Crippen LogP contribution >= 0.6 is 0 Å². The lowest BCUT2D eigenvalue weighted by molar-refractivity contribution is -0.274. The minimum atomic E-state index is -4.73. The van der Waals surface area contributed by atoms with Crippen LogP contribution in [-0.4, -0.2) is 21.0 Å². The summed E-state index contributed by atoms with van der Waals surface area (Å²) in [5, 5.41) is 12.2. The average molecular weight is 422 g/mol. The first kappa shape index (κ1) is 20.4. The molecule has 4 nitrogen and oxygen atoms in total. The molecule has 2 heterocycles. The molecular weight excluding hydrogens is 405 g/mol. The number of alkyl halides is 3. The quantitative estimate of drug-likeness (QED) is 0.450. The second-order valence-corrected chi connectivity index (χ2v) is 6.99. The molecule has 0 spiro atoms. The van der Waals surface area contributed by atoms with Gasteiger partial charge in [0.1, 0.15) is 11.4 Å². The molecule has 0 amide bonds.